The highest BCUT2D eigenvalue weighted by molar-refractivity contribution is 7.92. The molecule has 5 nitrogen and oxygen atoms in total. The number of rotatable bonds is 6. The standard InChI is InChI=1S/C21H23F3N2O3S/c1-2-25(14-12-21(22,23)24)20(27)17-8-5-10-18(15-17)30(28,29)26-13-6-9-16-7-3-4-11-19(16)26/h3-5,7-8,10-11,15H,2,6,9,12-14H2,1H3. The third-order valence-electron chi connectivity index (χ3n) is 5.07. The predicted octanol–water partition coefficient (Wildman–Crippen LogP) is 4.24. The van der Waals surface area contributed by atoms with E-state index in [9.17, 15) is 26.4 Å². The smallest absolute Gasteiger partial charge is 0.339 e. The highest BCUT2D eigenvalue weighted by Gasteiger charge is 2.31. The van der Waals surface area contributed by atoms with Crippen molar-refractivity contribution in [2.75, 3.05) is 23.9 Å². The molecule has 0 fully saturated rings. The molecule has 9 heteroatoms. The first-order valence-corrected chi connectivity index (χ1v) is 11.1. The number of para-hydroxylation sites is 1. The molecule has 0 spiro atoms. The number of fused-ring (bicyclic) bond motifs is 1. The SMILES string of the molecule is CCN(CCC(F)(F)F)C(=O)c1cccc(S(=O)(=O)N2CCCc3ccccc32)c1. The van der Waals surface area contributed by atoms with Crippen LogP contribution in [0.5, 0.6) is 0 Å². The summed E-state index contributed by atoms with van der Waals surface area (Å²) >= 11 is 0. The van der Waals surface area contributed by atoms with Gasteiger partial charge in [-0.3, -0.25) is 9.10 Å². The molecule has 1 aliphatic heterocycles. The lowest BCUT2D eigenvalue weighted by Crippen LogP contribution is -2.36. The van der Waals surface area contributed by atoms with Crippen molar-refractivity contribution in [3.8, 4) is 0 Å². The Morgan fingerprint density at radius 2 is 1.87 bits per heavy atom. The summed E-state index contributed by atoms with van der Waals surface area (Å²) in [6, 6.07) is 12.8. The Morgan fingerprint density at radius 3 is 2.57 bits per heavy atom. The zero-order chi connectivity index (χ0) is 21.9. The van der Waals surface area contributed by atoms with Gasteiger partial charge in [-0.05, 0) is 49.6 Å². The quantitative estimate of drug-likeness (QED) is 0.675. The Bertz CT molecular complexity index is 1020. The van der Waals surface area contributed by atoms with Crippen molar-refractivity contribution in [1.29, 1.82) is 0 Å². The molecule has 1 amide bonds. The van der Waals surface area contributed by atoms with Gasteiger partial charge in [0.05, 0.1) is 17.0 Å². The molecule has 0 aliphatic carbocycles. The molecule has 3 rings (SSSR count). The van der Waals surface area contributed by atoms with E-state index in [0.29, 0.717) is 18.7 Å². The van der Waals surface area contributed by atoms with Gasteiger partial charge in [0.15, 0.2) is 0 Å². The van der Waals surface area contributed by atoms with E-state index < -0.39 is 35.1 Å². The van der Waals surface area contributed by atoms with Crippen LogP contribution in [0.1, 0.15) is 35.7 Å². The molecular weight excluding hydrogens is 417 g/mol. The lowest BCUT2D eigenvalue weighted by atomic mass is 10.0. The van der Waals surface area contributed by atoms with Crippen LogP contribution in [0.3, 0.4) is 0 Å². The van der Waals surface area contributed by atoms with E-state index in [1.54, 1.807) is 19.1 Å². The summed E-state index contributed by atoms with van der Waals surface area (Å²) in [5, 5.41) is 0. The number of hydrogen-bond donors (Lipinski definition) is 0. The maximum atomic E-state index is 13.3. The summed E-state index contributed by atoms with van der Waals surface area (Å²) in [5.41, 5.74) is 1.59. The first-order valence-electron chi connectivity index (χ1n) is 9.70. The molecule has 2 aromatic rings. The molecule has 162 valence electrons. The van der Waals surface area contributed by atoms with E-state index >= 15 is 0 Å². The van der Waals surface area contributed by atoms with Crippen LogP contribution < -0.4 is 4.31 Å². The van der Waals surface area contributed by atoms with Crippen LogP contribution in [0.25, 0.3) is 0 Å². The van der Waals surface area contributed by atoms with Gasteiger partial charge in [-0.15, -0.1) is 0 Å². The Labute approximate surface area is 174 Å². The Hall–Kier alpha value is -2.55. The zero-order valence-corrected chi connectivity index (χ0v) is 17.3. The predicted molar refractivity (Wildman–Crippen MR) is 108 cm³/mol. The van der Waals surface area contributed by atoms with E-state index in [4.69, 9.17) is 0 Å². The molecule has 0 bridgehead atoms. The second-order valence-corrected chi connectivity index (χ2v) is 8.95. The molecule has 0 atom stereocenters. The summed E-state index contributed by atoms with van der Waals surface area (Å²) < 4.78 is 65.5. The van der Waals surface area contributed by atoms with Crippen molar-refractivity contribution in [2.45, 2.75) is 37.3 Å². The molecule has 0 radical (unpaired) electrons. The number of carbonyl (C=O) groups is 1. The third kappa shape index (κ3) is 4.77. The molecule has 0 saturated heterocycles. The Morgan fingerprint density at radius 1 is 1.13 bits per heavy atom. The lowest BCUT2D eigenvalue weighted by Gasteiger charge is -2.30. The zero-order valence-electron chi connectivity index (χ0n) is 16.5. The normalized spacial score (nSPS) is 14.3. The maximum Gasteiger partial charge on any atom is 0.390 e. The van der Waals surface area contributed by atoms with Crippen molar-refractivity contribution in [1.82, 2.24) is 4.90 Å². The molecule has 0 unspecified atom stereocenters. The van der Waals surface area contributed by atoms with Gasteiger partial charge in [0, 0.05) is 25.2 Å². The molecule has 1 aliphatic rings. The number of halogens is 3. The van der Waals surface area contributed by atoms with Gasteiger partial charge in [0.25, 0.3) is 15.9 Å². The molecule has 1 heterocycles. The van der Waals surface area contributed by atoms with E-state index in [-0.39, 0.29) is 17.0 Å². The lowest BCUT2D eigenvalue weighted by molar-refractivity contribution is -0.136. The van der Waals surface area contributed by atoms with Crippen LogP contribution in [0.15, 0.2) is 53.4 Å². The van der Waals surface area contributed by atoms with Gasteiger partial charge in [0.2, 0.25) is 0 Å². The van der Waals surface area contributed by atoms with Gasteiger partial charge in [0.1, 0.15) is 0 Å². The molecule has 30 heavy (non-hydrogen) atoms. The van der Waals surface area contributed by atoms with Crippen molar-refractivity contribution in [2.24, 2.45) is 0 Å². The molecule has 0 N–H and O–H groups in total. The fraction of sp³-hybridized carbons (Fsp3) is 0.381. The van der Waals surface area contributed by atoms with Crippen LogP contribution in [-0.2, 0) is 16.4 Å². The van der Waals surface area contributed by atoms with Gasteiger partial charge >= 0.3 is 6.18 Å². The minimum atomic E-state index is -4.37. The van der Waals surface area contributed by atoms with E-state index in [2.05, 4.69) is 0 Å². The number of benzene rings is 2. The largest absolute Gasteiger partial charge is 0.390 e. The number of anilines is 1. The summed E-state index contributed by atoms with van der Waals surface area (Å²) in [5.74, 6) is -0.627. The van der Waals surface area contributed by atoms with E-state index in [1.165, 1.54) is 28.6 Å². The average molecular weight is 440 g/mol. The van der Waals surface area contributed by atoms with Crippen molar-refractivity contribution >= 4 is 21.6 Å². The number of nitrogens with zero attached hydrogens (tertiary/aromatic N) is 2. The first kappa shape index (κ1) is 22.1. The van der Waals surface area contributed by atoms with Gasteiger partial charge in [-0.1, -0.05) is 24.3 Å². The Kier molecular flexibility index (Phi) is 6.40. The van der Waals surface area contributed by atoms with Crippen LogP contribution in [0.2, 0.25) is 0 Å². The van der Waals surface area contributed by atoms with E-state index in [1.807, 2.05) is 12.1 Å². The first-order chi connectivity index (χ1) is 14.1. The summed E-state index contributed by atoms with van der Waals surface area (Å²) in [6.45, 7) is 1.52. The summed E-state index contributed by atoms with van der Waals surface area (Å²) in [7, 11) is -3.92. The third-order valence-corrected chi connectivity index (χ3v) is 6.88. The monoisotopic (exact) mass is 440 g/mol. The number of aryl methyl sites for hydroxylation is 1. The summed E-state index contributed by atoms with van der Waals surface area (Å²) in [4.78, 5) is 13.7. The van der Waals surface area contributed by atoms with Crippen molar-refractivity contribution < 1.29 is 26.4 Å². The molecule has 2 aromatic carbocycles. The van der Waals surface area contributed by atoms with Gasteiger partial charge in [-0.2, -0.15) is 13.2 Å². The van der Waals surface area contributed by atoms with Gasteiger partial charge < -0.3 is 4.90 Å². The summed E-state index contributed by atoms with van der Waals surface area (Å²) in [6.07, 6.45) is -4.03. The Balaban J connectivity index is 1.89. The average Bonchev–Trinajstić information content (AvgIpc) is 2.73. The second-order valence-electron chi connectivity index (χ2n) is 7.09. The topological polar surface area (TPSA) is 57.7 Å². The number of alkyl halides is 3. The minimum Gasteiger partial charge on any atom is -0.339 e. The van der Waals surface area contributed by atoms with Crippen LogP contribution in [0, 0.1) is 0 Å². The number of amides is 1. The molecular formula is C21H23F3N2O3S. The van der Waals surface area contributed by atoms with Gasteiger partial charge in [-0.25, -0.2) is 8.42 Å². The van der Waals surface area contributed by atoms with Crippen LogP contribution in [-0.4, -0.2) is 45.0 Å². The van der Waals surface area contributed by atoms with Crippen LogP contribution >= 0.6 is 0 Å². The maximum absolute atomic E-state index is 13.3. The number of hydrogen-bond acceptors (Lipinski definition) is 3. The van der Waals surface area contributed by atoms with Crippen molar-refractivity contribution in [3.63, 3.8) is 0 Å². The minimum absolute atomic E-state index is 0.0467. The second kappa shape index (κ2) is 8.67. The van der Waals surface area contributed by atoms with Crippen LogP contribution in [0.4, 0.5) is 18.9 Å². The highest BCUT2D eigenvalue weighted by Crippen LogP contribution is 2.32. The fourth-order valence-electron chi connectivity index (χ4n) is 3.51. The molecule has 0 saturated carbocycles. The van der Waals surface area contributed by atoms with E-state index in [0.717, 1.165) is 16.9 Å². The highest BCUT2D eigenvalue weighted by atomic mass is 32.2. The fourth-order valence-corrected chi connectivity index (χ4v) is 5.10. The number of sulfonamides is 1. The number of carbonyl (C=O) groups excluding carboxylic acids is 1. The van der Waals surface area contributed by atoms with Crippen molar-refractivity contribution in [3.05, 3.63) is 59.7 Å². The molecule has 0 aromatic heterocycles.